The molecule has 0 aliphatic carbocycles. The summed E-state index contributed by atoms with van der Waals surface area (Å²) in [4.78, 5) is 16.8. The predicted molar refractivity (Wildman–Crippen MR) is 81.6 cm³/mol. The summed E-state index contributed by atoms with van der Waals surface area (Å²) in [6.45, 7) is 4.86. The number of hydrogen-bond donors (Lipinski definition) is 1. The molecule has 0 spiro atoms. The van der Waals surface area contributed by atoms with Gasteiger partial charge in [0.15, 0.2) is 0 Å². The smallest absolute Gasteiger partial charge is 0.252 e. The van der Waals surface area contributed by atoms with Crippen molar-refractivity contribution in [3.8, 4) is 0 Å². The van der Waals surface area contributed by atoms with E-state index < -0.39 is 0 Å². The Balaban J connectivity index is 2.18. The molecule has 19 heavy (non-hydrogen) atoms. The molecule has 0 radical (unpaired) electrons. The molecule has 0 bridgehead atoms. The van der Waals surface area contributed by atoms with Crippen molar-refractivity contribution in [3.05, 3.63) is 42.1 Å². The molecule has 1 atom stereocenters. The maximum atomic E-state index is 12.2. The number of nitrogens with zero attached hydrogens (tertiary/aromatic N) is 1. The van der Waals surface area contributed by atoms with Crippen molar-refractivity contribution in [2.45, 2.75) is 18.7 Å². The van der Waals surface area contributed by atoms with Gasteiger partial charge in [-0.05, 0) is 24.1 Å². The van der Waals surface area contributed by atoms with Crippen molar-refractivity contribution in [2.24, 2.45) is 5.92 Å². The lowest BCUT2D eigenvalue weighted by Crippen LogP contribution is -2.31. The van der Waals surface area contributed by atoms with Gasteiger partial charge in [-0.25, -0.2) is 0 Å². The minimum absolute atomic E-state index is 0.0521. The van der Waals surface area contributed by atoms with E-state index in [0.29, 0.717) is 18.0 Å². The van der Waals surface area contributed by atoms with E-state index in [4.69, 9.17) is 0 Å². The molecule has 1 heterocycles. The van der Waals surface area contributed by atoms with E-state index in [0.717, 1.165) is 10.9 Å². The van der Waals surface area contributed by atoms with Gasteiger partial charge in [-0.15, -0.1) is 0 Å². The lowest BCUT2D eigenvalue weighted by atomic mass is 10.1. The predicted octanol–water partition coefficient (Wildman–Crippen LogP) is 3.38. The zero-order valence-corrected chi connectivity index (χ0v) is 12.6. The third-order valence-corrected chi connectivity index (χ3v) is 4.45. The average molecular weight is 321 g/mol. The normalized spacial score (nSPS) is 12.6. The van der Waals surface area contributed by atoms with E-state index >= 15 is 0 Å². The van der Waals surface area contributed by atoms with Gasteiger partial charge < -0.3 is 5.32 Å². The first-order chi connectivity index (χ1) is 9.09. The maximum Gasteiger partial charge on any atom is 0.252 e. The molecular formula is C15H17BrN2O. The largest absolute Gasteiger partial charge is 0.351 e. The fourth-order valence-corrected chi connectivity index (χ4v) is 1.98. The Kier molecular flexibility index (Phi) is 4.53. The Morgan fingerprint density at radius 2 is 2.11 bits per heavy atom. The molecule has 0 saturated carbocycles. The number of rotatable bonds is 4. The van der Waals surface area contributed by atoms with Crippen LogP contribution in [0.3, 0.4) is 0 Å². The van der Waals surface area contributed by atoms with Crippen molar-refractivity contribution in [1.82, 2.24) is 10.3 Å². The van der Waals surface area contributed by atoms with Crippen LogP contribution in [0.15, 0.2) is 36.5 Å². The lowest BCUT2D eigenvalue weighted by Gasteiger charge is -2.15. The van der Waals surface area contributed by atoms with E-state index in [9.17, 15) is 4.79 Å². The van der Waals surface area contributed by atoms with Crippen LogP contribution in [0.4, 0.5) is 0 Å². The van der Waals surface area contributed by atoms with E-state index in [1.807, 2.05) is 30.3 Å². The number of benzene rings is 1. The first kappa shape index (κ1) is 14.0. The van der Waals surface area contributed by atoms with Crippen LogP contribution in [0, 0.1) is 5.92 Å². The van der Waals surface area contributed by atoms with Crippen molar-refractivity contribution in [1.29, 1.82) is 0 Å². The van der Waals surface area contributed by atoms with Crippen LogP contribution < -0.4 is 5.32 Å². The minimum atomic E-state index is -0.0521. The molecule has 1 unspecified atom stereocenters. The van der Waals surface area contributed by atoms with Crippen LogP contribution in [-0.2, 0) is 0 Å². The van der Waals surface area contributed by atoms with Gasteiger partial charge in [0, 0.05) is 28.5 Å². The first-order valence-electron chi connectivity index (χ1n) is 6.35. The summed E-state index contributed by atoms with van der Waals surface area (Å²) >= 11 is 3.57. The van der Waals surface area contributed by atoms with Crippen LogP contribution in [0.2, 0.25) is 0 Å². The Bertz CT molecular complexity index is 578. The molecule has 2 rings (SSSR count). The number of amides is 1. The molecule has 0 fully saturated rings. The number of aromatic nitrogens is 1. The topological polar surface area (TPSA) is 42.0 Å². The SMILES string of the molecule is CC(C)C(Br)CNC(=O)c1cccc2ncccc12. The van der Waals surface area contributed by atoms with Gasteiger partial charge >= 0.3 is 0 Å². The van der Waals surface area contributed by atoms with Crippen LogP contribution in [0.25, 0.3) is 10.9 Å². The first-order valence-corrected chi connectivity index (χ1v) is 7.27. The molecule has 100 valence electrons. The monoisotopic (exact) mass is 320 g/mol. The summed E-state index contributed by atoms with van der Waals surface area (Å²) in [5, 5.41) is 3.85. The Morgan fingerprint density at radius 1 is 1.32 bits per heavy atom. The molecule has 2 aromatic rings. The maximum absolute atomic E-state index is 12.2. The second-order valence-corrected chi connectivity index (χ2v) is 6.02. The van der Waals surface area contributed by atoms with Gasteiger partial charge in [-0.2, -0.15) is 0 Å². The van der Waals surface area contributed by atoms with Crippen LogP contribution in [0.5, 0.6) is 0 Å². The van der Waals surface area contributed by atoms with Gasteiger partial charge in [-0.1, -0.05) is 41.9 Å². The summed E-state index contributed by atoms with van der Waals surface area (Å²) in [6.07, 6.45) is 1.73. The standard InChI is InChI=1S/C15H17BrN2O/c1-10(2)13(16)9-18-15(19)12-5-3-7-14-11(12)6-4-8-17-14/h3-8,10,13H,9H2,1-2H3,(H,18,19). The summed E-state index contributed by atoms with van der Waals surface area (Å²) in [5.41, 5.74) is 1.52. The van der Waals surface area contributed by atoms with E-state index in [-0.39, 0.29) is 10.7 Å². The zero-order valence-electron chi connectivity index (χ0n) is 11.1. The Labute approximate surface area is 121 Å². The summed E-state index contributed by atoms with van der Waals surface area (Å²) in [5.74, 6) is 0.429. The van der Waals surface area contributed by atoms with Gasteiger partial charge in [0.1, 0.15) is 0 Å². The fourth-order valence-electron chi connectivity index (χ4n) is 1.82. The third-order valence-electron chi connectivity index (χ3n) is 3.07. The van der Waals surface area contributed by atoms with E-state index in [2.05, 4.69) is 40.1 Å². The Morgan fingerprint density at radius 3 is 2.84 bits per heavy atom. The molecule has 1 N–H and O–H groups in total. The van der Waals surface area contributed by atoms with Crippen LogP contribution in [0.1, 0.15) is 24.2 Å². The molecular weight excluding hydrogens is 304 g/mol. The number of fused-ring (bicyclic) bond motifs is 1. The van der Waals surface area contributed by atoms with Crippen molar-refractivity contribution in [2.75, 3.05) is 6.54 Å². The number of nitrogens with one attached hydrogen (secondary N) is 1. The van der Waals surface area contributed by atoms with Crippen molar-refractivity contribution >= 4 is 32.7 Å². The van der Waals surface area contributed by atoms with E-state index in [1.54, 1.807) is 6.20 Å². The number of pyridine rings is 1. The number of carbonyl (C=O) groups excluding carboxylic acids is 1. The molecule has 0 aliphatic heterocycles. The molecule has 1 aromatic carbocycles. The van der Waals surface area contributed by atoms with Gasteiger partial charge in [0.05, 0.1) is 5.52 Å². The van der Waals surface area contributed by atoms with Gasteiger partial charge in [-0.3, -0.25) is 9.78 Å². The average Bonchev–Trinajstić information content (AvgIpc) is 2.43. The molecule has 0 aliphatic rings. The van der Waals surface area contributed by atoms with Crippen molar-refractivity contribution in [3.63, 3.8) is 0 Å². The van der Waals surface area contributed by atoms with Crippen LogP contribution in [-0.4, -0.2) is 22.3 Å². The summed E-state index contributed by atoms with van der Waals surface area (Å²) < 4.78 is 0. The molecule has 1 amide bonds. The molecule has 1 aromatic heterocycles. The summed E-state index contributed by atoms with van der Waals surface area (Å²) in [6, 6.07) is 9.37. The Hall–Kier alpha value is -1.42. The summed E-state index contributed by atoms with van der Waals surface area (Å²) in [7, 11) is 0. The molecule has 3 nitrogen and oxygen atoms in total. The number of halogens is 1. The van der Waals surface area contributed by atoms with E-state index in [1.165, 1.54) is 0 Å². The molecule has 4 heteroatoms. The highest BCUT2D eigenvalue weighted by molar-refractivity contribution is 9.09. The quantitative estimate of drug-likeness (QED) is 0.877. The van der Waals surface area contributed by atoms with Crippen molar-refractivity contribution < 1.29 is 4.79 Å². The third kappa shape index (κ3) is 3.32. The highest BCUT2D eigenvalue weighted by atomic mass is 79.9. The van der Waals surface area contributed by atoms with Crippen LogP contribution >= 0.6 is 15.9 Å². The number of alkyl halides is 1. The van der Waals surface area contributed by atoms with Gasteiger partial charge in [0.25, 0.3) is 5.91 Å². The highest BCUT2D eigenvalue weighted by Gasteiger charge is 2.13. The number of carbonyl (C=O) groups is 1. The zero-order chi connectivity index (χ0) is 13.8. The second-order valence-electron chi connectivity index (χ2n) is 4.85. The van der Waals surface area contributed by atoms with Gasteiger partial charge in [0.2, 0.25) is 0 Å². The second kappa shape index (κ2) is 6.15. The lowest BCUT2D eigenvalue weighted by molar-refractivity contribution is 0.0954. The molecule has 0 saturated heterocycles. The number of hydrogen-bond acceptors (Lipinski definition) is 2. The fraction of sp³-hybridized carbons (Fsp3) is 0.333. The highest BCUT2D eigenvalue weighted by Crippen LogP contribution is 2.16. The minimum Gasteiger partial charge on any atom is -0.351 e.